The second kappa shape index (κ2) is 7.20. The number of carbonyl (C=O) groups excluding carboxylic acids is 2. The lowest BCUT2D eigenvalue weighted by Gasteiger charge is -2.01. The van der Waals surface area contributed by atoms with Crippen LogP contribution in [0.5, 0.6) is 11.8 Å². The van der Waals surface area contributed by atoms with Crippen LogP contribution in [-0.4, -0.2) is 26.6 Å². The molecule has 0 aliphatic heterocycles. The van der Waals surface area contributed by atoms with Crippen molar-refractivity contribution in [3.05, 3.63) is 72.1 Å². The van der Waals surface area contributed by atoms with Crippen molar-refractivity contribution in [2.75, 3.05) is 0 Å². The van der Waals surface area contributed by atoms with E-state index in [1.807, 2.05) is 0 Å². The molecule has 0 unspecified atom stereocenters. The largest absolute Gasteiger partial charge is 0.494 e. The number of allylic oxidation sites excluding steroid dienone is 1. The van der Waals surface area contributed by atoms with Crippen molar-refractivity contribution in [2.45, 2.75) is 6.54 Å². The molecular formula is C19H14FN3O4. The van der Waals surface area contributed by atoms with E-state index in [0.29, 0.717) is 5.39 Å². The molecule has 2 amide bonds. The predicted molar refractivity (Wildman–Crippen MR) is 95.4 cm³/mol. The summed E-state index contributed by atoms with van der Waals surface area (Å²) in [5.41, 5.74) is 0.164. The molecule has 3 rings (SSSR count). The minimum atomic E-state index is -0.803. The fourth-order valence-corrected chi connectivity index (χ4v) is 2.55. The Kier molecular flexibility index (Phi) is 4.80. The number of aromatic nitrogens is 1. The Morgan fingerprint density at radius 2 is 1.52 bits per heavy atom. The van der Waals surface area contributed by atoms with Crippen LogP contribution in [0, 0.1) is 5.82 Å². The average Bonchev–Trinajstić information content (AvgIpc) is 2.91. The zero-order chi connectivity index (χ0) is 19.6. The minimum absolute atomic E-state index is 0.0733. The normalized spacial score (nSPS) is 11.1. The second-order valence-electron chi connectivity index (χ2n) is 5.62. The van der Waals surface area contributed by atoms with Gasteiger partial charge in [-0.3, -0.25) is 14.2 Å². The van der Waals surface area contributed by atoms with Gasteiger partial charge in [-0.25, -0.2) is 4.39 Å². The van der Waals surface area contributed by atoms with Gasteiger partial charge in [0.25, 0.3) is 11.8 Å². The number of halogens is 1. The van der Waals surface area contributed by atoms with Gasteiger partial charge in [-0.1, -0.05) is 6.08 Å². The maximum Gasteiger partial charge on any atom is 0.295 e. The lowest BCUT2D eigenvalue weighted by Crippen LogP contribution is -1.98. The Morgan fingerprint density at radius 3 is 2.15 bits per heavy atom. The first-order valence-electron chi connectivity index (χ1n) is 7.83. The van der Waals surface area contributed by atoms with E-state index in [1.54, 1.807) is 0 Å². The summed E-state index contributed by atoms with van der Waals surface area (Å²) in [6.45, 7) is 3.73. The molecule has 0 radical (unpaired) electrons. The molecule has 0 saturated heterocycles. The highest BCUT2D eigenvalue weighted by atomic mass is 19.1. The third-order valence-electron chi connectivity index (χ3n) is 3.89. The molecule has 2 aromatic carbocycles. The van der Waals surface area contributed by atoms with Crippen molar-refractivity contribution in [1.82, 2.24) is 4.57 Å². The number of carbonyl (C=O) groups is 2. The molecule has 0 bridgehead atoms. The fraction of sp³-hybridized carbons (Fsp3) is 0.0526. The van der Waals surface area contributed by atoms with E-state index < -0.39 is 17.6 Å². The van der Waals surface area contributed by atoms with E-state index in [4.69, 9.17) is 0 Å². The predicted octanol–water partition coefficient (Wildman–Crippen LogP) is 3.81. The van der Waals surface area contributed by atoms with Gasteiger partial charge in [-0.2, -0.15) is 0 Å². The quantitative estimate of drug-likeness (QED) is 0.540. The number of hydrogen-bond acceptors (Lipinski definition) is 4. The van der Waals surface area contributed by atoms with Gasteiger partial charge >= 0.3 is 0 Å². The molecule has 1 aromatic heterocycles. The Hall–Kier alpha value is -3.81. The summed E-state index contributed by atoms with van der Waals surface area (Å²) in [4.78, 5) is 24.0. The first kappa shape index (κ1) is 18.0. The lowest BCUT2D eigenvalue weighted by atomic mass is 10.1. The van der Waals surface area contributed by atoms with E-state index >= 15 is 0 Å². The first-order valence-corrected chi connectivity index (χ1v) is 7.83. The van der Waals surface area contributed by atoms with Crippen LogP contribution in [0.25, 0.3) is 10.8 Å². The van der Waals surface area contributed by atoms with E-state index in [2.05, 4.69) is 16.8 Å². The maximum absolute atomic E-state index is 12.9. The van der Waals surface area contributed by atoms with Gasteiger partial charge in [0.1, 0.15) is 5.82 Å². The minimum Gasteiger partial charge on any atom is -0.494 e. The fourth-order valence-electron chi connectivity index (χ4n) is 2.55. The Balaban J connectivity index is 1.87. The van der Waals surface area contributed by atoms with Gasteiger partial charge in [-0.05, 0) is 42.5 Å². The van der Waals surface area contributed by atoms with E-state index in [-0.39, 0.29) is 34.8 Å². The SMILES string of the molecule is C=CCn1c(O)c2ccc(C(=O)N=NC(=O)c3ccc(F)cc3)cc2c1O. The van der Waals surface area contributed by atoms with Crippen LogP contribution in [0.1, 0.15) is 20.7 Å². The zero-order valence-corrected chi connectivity index (χ0v) is 14.0. The molecule has 1 heterocycles. The van der Waals surface area contributed by atoms with Crippen LogP contribution in [0.2, 0.25) is 0 Å². The van der Waals surface area contributed by atoms with Crippen molar-refractivity contribution >= 4 is 22.6 Å². The highest BCUT2D eigenvalue weighted by Crippen LogP contribution is 2.36. The highest BCUT2D eigenvalue weighted by Gasteiger charge is 2.17. The summed E-state index contributed by atoms with van der Waals surface area (Å²) in [7, 11) is 0. The highest BCUT2D eigenvalue weighted by molar-refractivity contribution is 6.03. The van der Waals surface area contributed by atoms with Crippen LogP contribution in [0.3, 0.4) is 0 Å². The lowest BCUT2D eigenvalue weighted by molar-refractivity contribution is 0.0947. The monoisotopic (exact) mass is 367 g/mol. The topological polar surface area (TPSA) is 104 Å². The molecule has 0 fully saturated rings. The number of fused-ring (bicyclic) bond motifs is 1. The summed E-state index contributed by atoms with van der Waals surface area (Å²) in [6, 6.07) is 8.85. The van der Waals surface area contributed by atoms with Crippen LogP contribution in [0.15, 0.2) is 65.3 Å². The molecule has 0 aliphatic carbocycles. The van der Waals surface area contributed by atoms with Gasteiger partial charge in [0, 0.05) is 28.4 Å². The number of hydrogen-bond donors (Lipinski definition) is 2. The number of amides is 2. The van der Waals surface area contributed by atoms with Gasteiger partial charge in [0.05, 0.1) is 0 Å². The number of rotatable bonds is 4. The van der Waals surface area contributed by atoms with E-state index in [1.165, 1.54) is 41.0 Å². The Morgan fingerprint density at radius 1 is 0.963 bits per heavy atom. The van der Waals surface area contributed by atoms with Crippen molar-refractivity contribution < 1.29 is 24.2 Å². The van der Waals surface area contributed by atoms with Gasteiger partial charge in [0.15, 0.2) is 0 Å². The first-order chi connectivity index (χ1) is 12.9. The third-order valence-corrected chi connectivity index (χ3v) is 3.89. The molecule has 0 atom stereocenters. The summed E-state index contributed by atoms with van der Waals surface area (Å²) in [5.74, 6) is -2.48. The van der Waals surface area contributed by atoms with Crippen LogP contribution >= 0.6 is 0 Å². The molecule has 3 aromatic rings. The molecule has 0 spiro atoms. The average molecular weight is 367 g/mol. The molecule has 27 heavy (non-hydrogen) atoms. The van der Waals surface area contributed by atoms with Crippen molar-refractivity contribution in [3.8, 4) is 11.8 Å². The smallest absolute Gasteiger partial charge is 0.295 e. The number of nitrogens with zero attached hydrogens (tertiary/aromatic N) is 3. The molecule has 136 valence electrons. The molecule has 0 saturated carbocycles. The van der Waals surface area contributed by atoms with Gasteiger partial charge in [0.2, 0.25) is 11.8 Å². The van der Waals surface area contributed by atoms with E-state index in [0.717, 1.165) is 12.1 Å². The van der Waals surface area contributed by atoms with Gasteiger partial charge in [-0.15, -0.1) is 16.8 Å². The second-order valence-corrected chi connectivity index (χ2v) is 5.62. The van der Waals surface area contributed by atoms with E-state index in [9.17, 15) is 24.2 Å². The van der Waals surface area contributed by atoms with Crippen molar-refractivity contribution in [3.63, 3.8) is 0 Å². The number of benzene rings is 2. The summed E-state index contributed by atoms with van der Waals surface area (Å²) in [5, 5.41) is 27.6. The number of aromatic hydroxyl groups is 2. The molecule has 0 aliphatic rings. The Labute approximate surface area is 152 Å². The molecular weight excluding hydrogens is 353 g/mol. The van der Waals surface area contributed by atoms with Crippen LogP contribution < -0.4 is 0 Å². The van der Waals surface area contributed by atoms with Crippen molar-refractivity contribution in [1.29, 1.82) is 0 Å². The van der Waals surface area contributed by atoms with Crippen molar-refractivity contribution in [2.24, 2.45) is 10.2 Å². The Bertz CT molecular complexity index is 1080. The maximum atomic E-state index is 12.9. The summed E-state index contributed by atoms with van der Waals surface area (Å²) >= 11 is 0. The summed E-state index contributed by atoms with van der Waals surface area (Å²) < 4.78 is 14.1. The molecule has 2 N–H and O–H groups in total. The number of azo groups is 1. The van der Waals surface area contributed by atoms with Crippen LogP contribution in [-0.2, 0) is 6.54 Å². The zero-order valence-electron chi connectivity index (χ0n) is 14.0. The van der Waals surface area contributed by atoms with Crippen LogP contribution in [0.4, 0.5) is 4.39 Å². The standard InChI is InChI=1S/C19H14FN3O4/c1-2-9-23-18(26)14-8-5-12(10-15(14)19(23)27)17(25)22-21-16(24)11-3-6-13(20)7-4-11/h2-8,10,26-27H,1,9H2. The third kappa shape index (κ3) is 3.45. The molecule has 7 nitrogen and oxygen atoms in total. The summed E-state index contributed by atoms with van der Waals surface area (Å²) in [6.07, 6.45) is 1.50. The molecule has 8 heteroatoms. The van der Waals surface area contributed by atoms with Gasteiger partial charge < -0.3 is 10.2 Å².